The van der Waals surface area contributed by atoms with E-state index in [-0.39, 0.29) is 11.4 Å². The summed E-state index contributed by atoms with van der Waals surface area (Å²) in [5.41, 5.74) is 2.51. The van der Waals surface area contributed by atoms with E-state index >= 15 is 0 Å². The van der Waals surface area contributed by atoms with Gasteiger partial charge in [0.25, 0.3) is 0 Å². The van der Waals surface area contributed by atoms with Gasteiger partial charge in [-0.3, -0.25) is 4.79 Å². The van der Waals surface area contributed by atoms with E-state index in [9.17, 15) is 22.2 Å². The molecule has 0 saturated heterocycles. The SMILES string of the molecule is Cc1cc(N(C)C(=O)C(F)(F)F)cc(C)c1CCS(=O)Cl. The highest BCUT2D eigenvalue weighted by Gasteiger charge is 2.41. The average molecular weight is 342 g/mol. The van der Waals surface area contributed by atoms with Gasteiger partial charge in [0, 0.05) is 18.5 Å². The monoisotopic (exact) mass is 341 g/mol. The summed E-state index contributed by atoms with van der Waals surface area (Å²) in [7, 11) is 5.02. The molecule has 1 amide bonds. The van der Waals surface area contributed by atoms with E-state index in [0.717, 1.165) is 23.7 Å². The standard InChI is InChI=1S/C13H15ClF3NO2S/c1-8-6-10(18(3)12(19)13(15,16)17)7-9(2)11(8)4-5-21(14)20/h6-7H,4-5H2,1-3H3. The molecule has 0 aliphatic rings. The Kier molecular flexibility index (Phi) is 5.81. The Hall–Kier alpha value is -1.08. The second kappa shape index (κ2) is 6.79. The predicted molar refractivity (Wildman–Crippen MR) is 77.9 cm³/mol. The Bertz CT molecular complexity index is 552. The maximum Gasteiger partial charge on any atom is 0.471 e. The molecule has 1 unspecified atom stereocenters. The van der Waals surface area contributed by atoms with Crippen LogP contribution in [-0.4, -0.2) is 29.1 Å². The number of aryl methyl sites for hydroxylation is 2. The molecule has 0 saturated carbocycles. The maximum atomic E-state index is 12.4. The van der Waals surface area contributed by atoms with Crippen LogP contribution in [0.25, 0.3) is 0 Å². The molecule has 0 aromatic heterocycles. The van der Waals surface area contributed by atoms with Crippen LogP contribution in [0.2, 0.25) is 0 Å². The van der Waals surface area contributed by atoms with Gasteiger partial charge in [0.1, 0.15) is 10.0 Å². The molecule has 1 atom stereocenters. The molecule has 0 bridgehead atoms. The fraction of sp³-hybridized carbons (Fsp3) is 0.462. The highest BCUT2D eigenvalue weighted by Crippen LogP contribution is 2.27. The van der Waals surface area contributed by atoms with Crippen LogP contribution in [0.3, 0.4) is 0 Å². The molecule has 8 heteroatoms. The molecule has 0 spiro atoms. The summed E-state index contributed by atoms with van der Waals surface area (Å²) < 4.78 is 48.2. The molecule has 0 fully saturated rings. The lowest BCUT2D eigenvalue weighted by atomic mass is 9.99. The van der Waals surface area contributed by atoms with Crippen molar-refractivity contribution >= 4 is 32.3 Å². The van der Waals surface area contributed by atoms with E-state index in [1.165, 1.54) is 12.1 Å². The minimum atomic E-state index is -4.91. The van der Waals surface area contributed by atoms with Crippen molar-refractivity contribution < 1.29 is 22.2 Å². The first kappa shape index (κ1) is 18.0. The molecule has 21 heavy (non-hydrogen) atoms. The van der Waals surface area contributed by atoms with Crippen LogP contribution in [0.5, 0.6) is 0 Å². The normalized spacial score (nSPS) is 13.1. The number of anilines is 1. The number of halogens is 4. The molecular formula is C13H15ClF3NO2S. The summed E-state index contributed by atoms with van der Waals surface area (Å²) in [6.07, 6.45) is -4.45. The quantitative estimate of drug-likeness (QED) is 0.788. The van der Waals surface area contributed by atoms with Crippen molar-refractivity contribution in [1.82, 2.24) is 0 Å². The number of hydrogen-bond donors (Lipinski definition) is 0. The summed E-state index contributed by atoms with van der Waals surface area (Å²) in [5.74, 6) is -1.66. The highest BCUT2D eigenvalue weighted by molar-refractivity contribution is 8.08. The zero-order valence-electron chi connectivity index (χ0n) is 11.8. The van der Waals surface area contributed by atoms with Gasteiger partial charge in [-0.25, -0.2) is 4.21 Å². The number of carbonyl (C=O) groups excluding carboxylic acids is 1. The third kappa shape index (κ3) is 4.71. The molecule has 3 nitrogen and oxygen atoms in total. The first-order valence-corrected chi connectivity index (χ1v) is 8.18. The second-order valence-electron chi connectivity index (χ2n) is 4.66. The lowest BCUT2D eigenvalue weighted by molar-refractivity contribution is -0.170. The number of rotatable bonds is 4. The van der Waals surface area contributed by atoms with Crippen molar-refractivity contribution in [3.63, 3.8) is 0 Å². The molecule has 118 valence electrons. The predicted octanol–water partition coefficient (Wildman–Crippen LogP) is 3.27. The molecule has 0 aliphatic heterocycles. The molecule has 0 N–H and O–H groups in total. The first-order valence-electron chi connectivity index (χ1n) is 6.03. The number of benzene rings is 1. The van der Waals surface area contributed by atoms with E-state index in [1.807, 2.05) is 0 Å². The van der Waals surface area contributed by atoms with Crippen molar-refractivity contribution in [2.45, 2.75) is 26.4 Å². The van der Waals surface area contributed by atoms with Crippen molar-refractivity contribution in [2.75, 3.05) is 17.7 Å². The van der Waals surface area contributed by atoms with Gasteiger partial charge in [0.05, 0.1) is 0 Å². The van der Waals surface area contributed by atoms with Crippen LogP contribution in [0.15, 0.2) is 12.1 Å². The van der Waals surface area contributed by atoms with E-state index in [0.29, 0.717) is 11.3 Å². The van der Waals surface area contributed by atoms with Crippen LogP contribution in [-0.2, 0) is 21.2 Å². The molecule has 1 rings (SSSR count). The Labute approximate surface area is 128 Å². The third-order valence-electron chi connectivity index (χ3n) is 3.13. The van der Waals surface area contributed by atoms with Gasteiger partial charge in [-0.2, -0.15) is 13.2 Å². The average Bonchev–Trinajstić information content (AvgIpc) is 2.34. The topological polar surface area (TPSA) is 37.4 Å². The van der Waals surface area contributed by atoms with Gasteiger partial charge in [0.2, 0.25) is 0 Å². The second-order valence-corrected chi connectivity index (χ2v) is 6.68. The number of nitrogens with zero attached hydrogens (tertiary/aromatic N) is 1. The molecule has 1 aromatic rings. The van der Waals surface area contributed by atoms with Crippen molar-refractivity contribution in [1.29, 1.82) is 0 Å². The van der Waals surface area contributed by atoms with Gasteiger partial charge < -0.3 is 4.90 Å². The van der Waals surface area contributed by atoms with Crippen LogP contribution >= 0.6 is 10.7 Å². The van der Waals surface area contributed by atoms with Crippen LogP contribution in [0, 0.1) is 13.8 Å². The Balaban J connectivity index is 3.08. The Morgan fingerprint density at radius 1 is 1.29 bits per heavy atom. The summed E-state index contributed by atoms with van der Waals surface area (Å²) in [6.45, 7) is 3.46. The molecular weight excluding hydrogens is 327 g/mol. The molecule has 0 heterocycles. The number of alkyl halides is 3. The molecule has 0 radical (unpaired) electrons. The highest BCUT2D eigenvalue weighted by atomic mass is 35.7. The summed E-state index contributed by atoms with van der Waals surface area (Å²) >= 11 is 0. The minimum absolute atomic E-state index is 0.170. The fourth-order valence-corrected chi connectivity index (χ4v) is 2.64. The lowest BCUT2D eigenvalue weighted by Crippen LogP contribution is -2.38. The summed E-state index contributed by atoms with van der Waals surface area (Å²) in [4.78, 5) is 11.8. The van der Waals surface area contributed by atoms with Crippen molar-refractivity contribution in [3.05, 3.63) is 28.8 Å². The Morgan fingerprint density at radius 2 is 1.76 bits per heavy atom. The number of hydrogen-bond acceptors (Lipinski definition) is 2. The number of amides is 1. The molecule has 1 aromatic carbocycles. The van der Waals surface area contributed by atoms with Gasteiger partial charge in [-0.1, -0.05) is 0 Å². The zero-order valence-corrected chi connectivity index (χ0v) is 13.3. The summed E-state index contributed by atoms with van der Waals surface area (Å²) in [5, 5.41) is 0. The van der Waals surface area contributed by atoms with Gasteiger partial charge in [-0.05, 0) is 59.8 Å². The van der Waals surface area contributed by atoms with E-state index in [4.69, 9.17) is 10.7 Å². The van der Waals surface area contributed by atoms with Gasteiger partial charge in [0.15, 0.2) is 0 Å². The van der Waals surface area contributed by atoms with E-state index < -0.39 is 22.1 Å². The lowest BCUT2D eigenvalue weighted by Gasteiger charge is -2.21. The first-order chi connectivity index (χ1) is 9.54. The van der Waals surface area contributed by atoms with Crippen molar-refractivity contribution in [2.24, 2.45) is 0 Å². The van der Waals surface area contributed by atoms with Crippen LogP contribution < -0.4 is 4.90 Å². The fourth-order valence-electron chi connectivity index (χ4n) is 2.05. The summed E-state index contributed by atoms with van der Waals surface area (Å²) in [6, 6.07) is 3.01. The van der Waals surface area contributed by atoms with E-state index in [2.05, 4.69) is 0 Å². The minimum Gasteiger partial charge on any atom is -0.308 e. The largest absolute Gasteiger partial charge is 0.471 e. The smallest absolute Gasteiger partial charge is 0.308 e. The van der Waals surface area contributed by atoms with Gasteiger partial charge >= 0.3 is 12.1 Å². The van der Waals surface area contributed by atoms with E-state index in [1.54, 1.807) is 13.8 Å². The van der Waals surface area contributed by atoms with Gasteiger partial charge in [-0.15, -0.1) is 0 Å². The third-order valence-corrected chi connectivity index (χ3v) is 4.12. The molecule has 0 aliphatic carbocycles. The van der Waals surface area contributed by atoms with Crippen molar-refractivity contribution in [3.8, 4) is 0 Å². The maximum absolute atomic E-state index is 12.4. The van der Waals surface area contributed by atoms with Crippen LogP contribution in [0.4, 0.5) is 18.9 Å². The Morgan fingerprint density at radius 3 is 2.14 bits per heavy atom. The number of carbonyl (C=O) groups is 1. The zero-order chi connectivity index (χ0) is 16.4. The van der Waals surface area contributed by atoms with Crippen LogP contribution in [0.1, 0.15) is 16.7 Å².